The summed E-state index contributed by atoms with van der Waals surface area (Å²) in [6.45, 7) is 2.91. The van der Waals surface area contributed by atoms with Gasteiger partial charge >= 0.3 is 5.97 Å². The molecule has 2 atom stereocenters. The van der Waals surface area contributed by atoms with Crippen LogP contribution in [-0.2, 0) is 32.2 Å². The van der Waals surface area contributed by atoms with Crippen LogP contribution >= 0.6 is 0 Å². The largest absolute Gasteiger partial charge is 0.394 e. The number of hydroxylamine groups is 2. The molecule has 0 bridgehead atoms. The average molecular weight is 522 g/mol. The van der Waals surface area contributed by atoms with Crippen molar-refractivity contribution in [3.05, 3.63) is 71.8 Å². The summed E-state index contributed by atoms with van der Waals surface area (Å²) >= 11 is 0. The number of nitrogens with two attached hydrogens (primary N) is 1. The van der Waals surface area contributed by atoms with Crippen molar-refractivity contribution in [2.75, 3.05) is 26.7 Å². The molecule has 2 aliphatic rings. The Morgan fingerprint density at radius 1 is 1.13 bits per heavy atom. The lowest BCUT2D eigenvalue weighted by Crippen LogP contribution is -2.60. The van der Waals surface area contributed by atoms with Gasteiger partial charge in [0.2, 0.25) is 5.91 Å². The molecule has 1 fully saturated rings. The molecule has 0 radical (unpaired) electrons. The molecule has 4 rings (SSSR count). The zero-order valence-corrected chi connectivity index (χ0v) is 22.0. The Morgan fingerprint density at radius 3 is 2.32 bits per heavy atom. The molecule has 3 N–H and O–H groups in total. The van der Waals surface area contributed by atoms with Crippen LogP contribution in [0.15, 0.2) is 65.8 Å². The normalized spacial score (nSPS) is 20.3. The second kappa shape index (κ2) is 11.0. The van der Waals surface area contributed by atoms with Crippen molar-refractivity contribution in [2.24, 2.45) is 16.3 Å². The number of aliphatic hydroxyl groups excluding tert-OH is 1. The predicted molar refractivity (Wildman–Crippen MR) is 141 cm³/mol. The molecule has 0 spiro atoms. The van der Waals surface area contributed by atoms with Gasteiger partial charge < -0.3 is 20.6 Å². The molecule has 2 aromatic carbocycles. The van der Waals surface area contributed by atoms with Gasteiger partial charge in [-0.15, -0.1) is 5.06 Å². The standard InChI is InChI=1S/C28H35N5O5/c1-27(2,29)26(37)38-33(17-21-12-8-5-9-13-21)22(18-34)24(35)32-15-14-23-28(19-32,25(36)31(3)30-23)16-20-10-6-4-7-11-20/h4-13,22,34H,14-19,29H2,1-3H3/t22-,28-/m1/s1. The Bertz CT molecular complexity index is 1200. The lowest BCUT2D eigenvalue weighted by Gasteiger charge is -2.41. The number of carbonyl (C=O) groups excluding carboxylic acids is 3. The topological polar surface area (TPSA) is 129 Å². The lowest BCUT2D eigenvalue weighted by molar-refractivity contribution is -0.216. The van der Waals surface area contributed by atoms with E-state index in [9.17, 15) is 19.5 Å². The van der Waals surface area contributed by atoms with Crippen LogP contribution < -0.4 is 5.73 Å². The van der Waals surface area contributed by atoms with Crippen molar-refractivity contribution < 1.29 is 24.3 Å². The first kappa shape index (κ1) is 27.4. The van der Waals surface area contributed by atoms with E-state index in [0.717, 1.165) is 16.8 Å². The number of piperidine rings is 1. The molecular formula is C28H35N5O5. The molecule has 1 saturated heterocycles. The van der Waals surface area contributed by atoms with Crippen molar-refractivity contribution in [1.29, 1.82) is 0 Å². The van der Waals surface area contributed by atoms with Crippen LogP contribution in [0.5, 0.6) is 0 Å². The Kier molecular flexibility index (Phi) is 7.96. The summed E-state index contributed by atoms with van der Waals surface area (Å²) < 4.78 is 0. The zero-order chi connectivity index (χ0) is 27.5. The monoisotopic (exact) mass is 521 g/mol. The fourth-order valence-corrected chi connectivity index (χ4v) is 4.91. The second-order valence-electron chi connectivity index (χ2n) is 10.5. The molecular weight excluding hydrogens is 486 g/mol. The van der Waals surface area contributed by atoms with Gasteiger partial charge in [0.05, 0.1) is 18.9 Å². The number of hydrogen-bond acceptors (Lipinski definition) is 8. The van der Waals surface area contributed by atoms with Gasteiger partial charge in [0.25, 0.3) is 5.91 Å². The Balaban J connectivity index is 1.62. The highest BCUT2D eigenvalue weighted by atomic mass is 16.7. The number of aliphatic hydroxyl groups is 1. The quantitative estimate of drug-likeness (QED) is 0.477. The minimum absolute atomic E-state index is 0.0665. The molecule has 0 aromatic heterocycles. The van der Waals surface area contributed by atoms with E-state index < -0.39 is 35.5 Å². The van der Waals surface area contributed by atoms with Crippen LogP contribution in [-0.4, -0.2) is 81.9 Å². The van der Waals surface area contributed by atoms with Gasteiger partial charge in [0.1, 0.15) is 17.0 Å². The average Bonchev–Trinajstić information content (AvgIpc) is 3.13. The van der Waals surface area contributed by atoms with Crippen molar-refractivity contribution >= 4 is 23.5 Å². The van der Waals surface area contributed by atoms with Gasteiger partial charge in [-0.3, -0.25) is 9.59 Å². The summed E-state index contributed by atoms with van der Waals surface area (Å²) in [4.78, 5) is 47.2. The van der Waals surface area contributed by atoms with Gasteiger partial charge in [-0.25, -0.2) is 9.80 Å². The van der Waals surface area contributed by atoms with Crippen LogP contribution in [0.4, 0.5) is 0 Å². The highest BCUT2D eigenvalue weighted by molar-refractivity contribution is 6.13. The summed E-state index contributed by atoms with van der Waals surface area (Å²) in [6, 6.07) is 17.6. The maximum absolute atomic E-state index is 13.9. The number of hydrogen-bond donors (Lipinski definition) is 2. The Labute approximate surface area is 222 Å². The number of hydrazone groups is 1. The molecule has 202 valence electrons. The highest BCUT2D eigenvalue weighted by Crippen LogP contribution is 2.38. The van der Waals surface area contributed by atoms with Crippen LogP contribution in [0, 0.1) is 5.41 Å². The molecule has 2 heterocycles. The van der Waals surface area contributed by atoms with Crippen LogP contribution in [0.1, 0.15) is 31.4 Å². The van der Waals surface area contributed by atoms with Gasteiger partial charge in [-0.05, 0) is 31.4 Å². The molecule has 2 aliphatic heterocycles. The smallest absolute Gasteiger partial charge is 0.344 e. The third-order valence-electron chi connectivity index (χ3n) is 6.98. The van der Waals surface area contributed by atoms with Crippen molar-refractivity contribution in [2.45, 2.75) is 44.8 Å². The zero-order valence-electron chi connectivity index (χ0n) is 22.0. The molecule has 2 aromatic rings. The number of amides is 2. The number of fused-ring (bicyclic) bond motifs is 1. The molecule has 0 saturated carbocycles. The molecule has 0 aliphatic carbocycles. The van der Waals surface area contributed by atoms with E-state index >= 15 is 0 Å². The van der Waals surface area contributed by atoms with Crippen LogP contribution in [0.25, 0.3) is 0 Å². The van der Waals surface area contributed by atoms with E-state index in [1.165, 1.54) is 23.9 Å². The Morgan fingerprint density at radius 2 is 1.74 bits per heavy atom. The summed E-state index contributed by atoms with van der Waals surface area (Å²) in [5.41, 5.74) is 6.12. The fraction of sp³-hybridized carbons (Fsp3) is 0.429. The van der Waals surface area contributed by atoms with Gasteiger partial charge in [-0.1, -0.05) is 60.7 Å². The molecule has 10 nitrogen and oxygen atoms in total. The van der Waals surface area contributed by atoms with E-state index in [2.05, 4.69) is 5.10 Å². The third kappa shape index (κ3) is 5.62. The minimum Gasteiger partial charge on any atom is -0.394 e. The van der Waals surface area contributed by atoms with Gasteiger partial charge in [0, 0.05) is 26.6 Å². The maximum atomic E-state index is 13.9. The predicted octanol–water partition coefficient (Wildman–Crippen LogP) is 1.33. The van der Waals surface area contributed by atoms with Crippen molar-refractivity contribution in [1.82, 2.24) is 15.0 Å². The third-order valence-corrected chi connectivity index (χ3v) is 6.98. The van der Waals surface area contributed by atoms with E-state index in [1.807, 2.05) is 60.7 Å². The van der Waals surface area contributed by atoms with Crippen LogP contribution in [0.2, 0.25) is 0 Å². The molecule has 2 amide bonds. The molecule has 10 heteroatoms. The lowest BCUT2D eigenvalue weighted by atomic mass is 9.73. The SMILES string of the molecule is CN1N=C2CCN(C(=O)[C@@H](CO)N(Cc3ccccc3)OC(=O)C(C)(C)N)C[C@@]2(Cc2ccccc2)C1=O. The van der Waals surface area contributed by atoms with Crippen molar-refractivity contribution in [3.63, 3.8) is 0 Å². The van der Waals surface area contributed by atoms with Crippen molar-refractivity contribution in [3.8, 4) is 0 Å². The molecule has 38 heavy (non-hydrogen) atoms. The number of rotatable bonds is 9. The van der Waals surface area contributed by atoms with Crippen LogP contribution in [0.3, 0.4) is 0 Å². The second-order valence-corrected chi connectivity index (χ2v) is 10.5. The number of benzene rings is 2. The maximum Gasteiger partial charge on any atom is 0.344 e. The summed E-state index contributed by atoms with van der Waals surface area (Å²) in [6.07, 6.45) is 0.814. The van der Waals surface area contributed by atoms with E-state index in [-0.39, 0.29) is 19.0 Å². The van der Waals surface area contributed by atoms with E-state index in [0.29, 0.717) is 19.4 Å². The first-order valence-corrected chi connectivity index (χ1v) is 12.7. The summed E-state index contributed by atoms with van der Waals surface area (Å²) in [5.74, 6) is -1.35. The van der Waals surface area contributed by atoms with E-state index in [1.54, 1.807) is 11.9 Å². The number of likely N-dealkylation sites (tertiary alicyclic amines) is 1. The molecule has 0 unspecified atom stereocenters. The minimum atomic E-state index is -1.31. The highest BCUT2D eigenvalue weighted by Gasteiger charge is 2.54. The van der Waals surface area contributed by atoms with E-state index in [4.69, 9.17) is 10.6 Å². The first-order chi connectivity index (χ1) is 18.0. The fourth-order valence-electron chi connectivity index (χ4n) is 4.91. The van der Waals surface area contributed by atoms with Gasteiger partial charge in [-0.2, -0.15) is 5.10 Å². The summed E-state index contributed by atoms with van der Waals surface area (Å²) in [5, 5.41) is 17.4. The van der Waals surface area contributed by atoms with Gasteiger partial charge in [0.15, 0.2) is 0 Å². The Hall–Kier alpha value is -3.60. The number of carbonyl (C=O) groups is 3. The first-order valence-electron chi connectivity index (χ1n) is 12.7. The number of nitrogens with zero attached hydrogens (tertiary/aromatic N) is 4. The summed E-state index contributed by atoms with van der Waals surface area (Å²) in [7, 11) is 1.62.